The molecule has 0 aliphatic carbocycles. The van der Waals surface area contributed by atoms with E-state index in [0.717, 1.165) is 56.6 Å². The number of hydrogen-bond donors (Lipinski definition) is 1. The highest BCUT2D eigenvalue weighted by molar-refractivity contribution is 5.94. The topological polar surface area (TPSA) is 66.6 Å². The van der Waals surface area contributed by atoms with Crippen molar-refractivity contribution >= 4 is 17.5 Å². The Morgan fingerprint density at radius 3 is 2.16 bits per heavy atom. The Morgan fingerprint density at radius 1 is 0.880 bits per heavy atom. The van der Waals surface area contributed by atoms with Gasteiger partial charge < -0.3 is 15.5 Å². The lowest BCUT2D eigenvalue weighted by Crippen LogP contribution is -2.41. The van der Waals surface area contributed by atoms with Gasteiger partial charge in [-0.25, -0.2) is 0 Å². The minimum atomic E-state index is -0.214. The highest BCUT2D eigenvalue weighted by atomic mass is 16.2. The van der Waals surface area contributed by atoms with Gasteiger partial charge in [-0.15, -0.1) is 0 Å². The third-order valence-electron chi connectivity index (χ3n) is 5.45. The molecular formula is C20H29N3O2. The second-order valence-electron chi connectivity index (χ2n) is 7.29. The van der Waals surface area contributed by atoms with Gasteiger partial charge in [0.15, 0.2) is 0 Å². The summed E-state index contributed by atoms with van der Waals surface area (Å²) >= 11 is 0. The third kappa shape index (κ3) is 4.53. The monoisotopic (exact) mass is 343 g/mol. The van der Waals surface area contributed by atoms with Crippen molar-refractivity contribution in [3.8, 4) is 0 Å². The number of anilines is 1. The van der Waals surface area contributed by atoms with Crippen LogP contribution < -0.4 is 10.6 Å². The van der Waals surface area contributed by atoms with Gasteiger partial charge in [0.25, 0.3) is 5.91 Å². The molecule has 2 aliphatic heterocycles. The van der Waals surface area contributed by atoms with Crippen LogP contribution in [0.3, 0.4) is 0 Å². The molecule has 1 aromatic carbocycles. The summed E-state index contributed by atoms with van der Waals surface area (Å²) in [5, 5.41) is 0. The van der Waals surface area contributed by atoms with Crippen molar-refractivity contribution in [3.05, 3.63) is 29.8 Å². The minimum absolute atomic E-state index is 0.0731. The van der Waals surface area contributed by atoms with E-state index in [0.29, 0.717) is 6.54 Å². The molecule has 0 spiro atoms. The molecule has 2 N–H and O–H groups in total. The van der Waals surface area contributed by atoms with Gasteiger partial charge in [0, 0.05) is 37.4 Å². The summed E-state index contributed by atoms with van der Waals surface area (Å²) in [6, 6.07) is 7.84. The SMILES string of the molecule is NC(=O)[C@@H]1CCCN(c2ccc(C(=O)N3CCCCCCC3)cc2)C1. The molecule has 0 bridgehead atoms. The van der Waals surface area contributed by atoms with E-state index in [1.54, 1.807) is 0 Å². The Morgan fingerprint density at radius 2 is 1.52 bits per heavy atom. The van der Waals surface area contributed by atoms with E-state index in [2.05, 4.69) is 4.90 Å². The fourth-order valence-electron chi connectivity index (χ4n) is 3.89. The maximum Gasteiger partial charge on any atom is 0.253 e. The molecule has 2 aliphatic rings. The summed E-state index contributed by atoms with van der Waals surface area (Å²) in [4.78, 5) is 28.4. The Balaban J connectivity index is 1.65. The third-order valence-corrected chi connectivity index (χ3v) is 5.45. The lowest BCUT2D eigenvalue weighted by atomic mass is 9.97. The van der Waals surface area contributed by atoms with Crippen LogP contribution in [0.15, 0.2) is 24.3 Å². The molecule has 0 saturated carbocycles. The first kappa shape index (κ1) is 17.8. The average Bonchev–Trinajstić information content (AvgIpc) is 2.61. The standard InChI is InChI=1S/C20H29N3O2/c21-19(24)17-7-6-14-23(15-17)18-10-8-16(9-11-18)20(25)22-12-4-2-1-3-5-13-22/h8-11,17H,1-7,12-15H2,(H2,21,24)/t17-/m1/s1. The molecule has 2 fully saturated rings. The molecule has 136 valence electrons. The van der Waals surface area contributed by atoms with Crippen molar-refractivity contribution in [1.82, 2.24) is 4.90 Å². The van der Waals surface area contributed by atoms with Crippen molar-refractivity contribution in [3.63, 3.8) is 0 Å². The van der Waals surface area contributed by atoms with Crippen LogP contribution in [0, 0.1) is 5.92 Å². The lowest BCUT2D eigenvalue weighted by Gasteiger charge is -2.33. The largest absolute Gasteiger partial charge is 0.371 e. The number of rotatable bonds is 3. The zero-order chi connectivity index (χ0) is 17.6. The fourth-order valence-corrected chi connectivity index (χ4v) is 3.89. The van der Waals surface area contributed by atoms with Gasteiger partial charge in [-0.2, -0.15) is 0 Å². The number of nitrogens with two attached hydrogens (primary N) is 1. The molecule has 0 radical (unpaired) electrons. The van der Waals surface area contributed by atoms with E-state index in [1.165, 1.54) is 19.3 Å². The first-order valence-corrected chi connectivity index (χ1v) is 9.59. The second-order valence-corrected chi connectivity index (χ2v) is 7.29. The molecular weight excluding hydrogens is 314 g/mol. The van der Waals surface area contributed by atoms with E-state index < -0.39 is 0 Å². The molecule has 5 nitrogen and oxygen atoms in total. The number of hydrogen-bond acceptors (Lipinski definition) is 3. The van der Waals surface area contributed by atoms with Gasteiger partial charge in [0.1, 0.15) is 0 Å². The molecule has 3 rings (SSSR count). The van der Waals surface area contributed by atoms with Crippen LogP contribution in [-0.4, -0.2) is 42.9 Å². The summed E-state index contributed by atoms with van der Waals surface area (Å²) in [6.45, 7) is 3.35. The summed E-state index contributed by atoms with van der Waals surface area (Å²) < 4.78 is 0. The van der Waals surface area contributed by atoms with Crippen LogP contribution in [0.25, 0.3) is 0 Å². The zero-order valence-corrected chi connectivity index (χ0v) is 15.0. The van der Waals surface area contributed by atoms with Crippen molar-refractivity contribution in [2.45, 2.75) is 44.9 Å². The van der Waals surface area contributed by atoms with E-state index in [9.17, 15) is 9.59 Å². The average molecular weight is 343 g/mol. The first-order chi connectivity index (χ1) is 12.1. The first-order valence-electron chi connectivity index (χ1n) is 9.59. The van der Waals surface area contributed by atoms with Gasteiger partial charge in [-0.1, -0.05) is 19.3 Å². The number of carbonyl (C=O) groups is 2. The minimum Gasteiger partial charge on any atom is -0.371 e. The van der Waals surface area contributed by atoms with Gasteiger partial charge in [0.05, 0.1) is 5.92 Å². The molecule has 25 heavy (non-hydrogen) atoms. The van der Waals surface area contributed by atoms with Crippen LogP contribution in [-0.2, 0) is 4.79 Å². The quantitative estimate of drug-likeness (QED) is 0.918. The molecule has 2 amide bonds. The maximum atomic E-state index is 12.7. The molecule has 2 heterocycles. The Labute approximate surface area is 150 Å². The van der Waals surface area contributed by atoms with E-state index >= 15 is 0 Å². The van der Waals surface area contributed by atoms with Crippen molar-refractivity contribution < 1.29 is 9.59 Å². The number of carbonyl (C=O) groups excluding carboxylic acids is 2. The molecule has 0 unspecified atom stereocenters. The Kier molecular flexibility index (Phi) is 5.95. The maximum absolute atomic E-state index is 12.7. The number of benzene rings is 1. The van der Waals surface area contributed by atoms with Crippen molar-refractivity contribution in [2.75, 3.05) is 31.1 Å². The molecule has 1 aromatic rings. The number of likely N-dealkylation sites (tertiary alicyclic amines) is 1. The molecule has 5 heteroatoms. The van der Waals surface area contributed by atoms with Crippen molar-refractivity contribution in [2.24, 2.45) is 11.7 Å². The summed E-state index contributed by atoms with van der Waals surface area (Å²) in [5.74, 6) is -0.147. The lowest BCUT2D eigenvalue weighted by molar-refractivity contribution is -0.122. The number of amides is 2. The fraction of sp³-hybridized carbons (Fsp3) is 0.600. The van der Waals surface area contributed by atoms with E-state index in [-0.39, 0.29) is 17.7 Å². The van der Waals surface area contributed by atoms with Crippen LogP contribution in [0.4, 0.5) is 5.69 Å². The van der Waals surface area contributed by atoms with Crippen molar-refractivity contribution in [1.29, 1.82) is 0 Å². The molecule has 0 aromatic heterocycles. The Hall–Kier alpha value is -2.04. The van der Waals surface area contributed by atoms with Gasteiger partial charge >= 0.3 is 0 Å². The molecule has 1 atom stereocenters. The predicted octanol–water partition coefficient (Wildman–Crippen LogP) is 2.79. The van der Waals surface area contributed by atoms with Crippen LogP contribution >= 0.6 is 0 Å². The number of primary amides is 1. The molecule has 2 saturated heterocycles. The van der Waals surface area contributed by atoms with Gasteiger partial charge in [-0.3, -0.25) is 9.59 Å². The smallest absolute Gasteiger partial charge is 0.253 e. The zero-order valence-electron chi connectivity index (χ0n) is 15.0. The highest BCUT2D eigenvalue weighted by Crippen LogP contribution is 2.24. The summed E-state index contributed by atoms with van der Waals surface area (Å²) in [6.07, 6.45) is 7.79. The number of piperidine rings is 1. The van der Waals surface area contributed by atoms with E-state index in [1.807, 2.05) is 29.2 Å². The predicted molar refractivity (Wildman–Crippen MR) is 99.6 cm³/mol. The normalized spacial score (nSPS) is 22.2. The van der Waals surface area contributed by atoms with Crippen LogP contribution in [0.1, 0.15) is 55.3 Å². The summed E-state index contributed by atoms with van der Waals surface area (Å²) in [7, 11) is 0. The second kappa shape index (κ2) is 8.37. The van der Waals surface area contributed by atoms with Gasteiger partial charge in [0.2, 0.25) is 5.91 Å². The van der Waals surface area contributed by atoms with Crippen LogP contribution in [0.5, 0.6) is 0 Å². The highest BCUT2D eigenvalue weighted by Gasteiger charge is 2.24. The van der Waals surface area contributed by atoms with Gasteiger partial charge in [-0.05, 0) is 49.9 Å². The Bertz CT molecular complexity index is 591. The number of nitrogens with zero attached hydrogens (tertiary/aromatic N) is 2. The summed E-state index contributed by atoms with van der Waals surface area (Å²) in [5.41, 5.74) is 7.28. The van der Waals surface area contributed by atoms with Crippen LogP contribution in [0.2, 0.25) is 0 Å². The van der Waals surface area contributed by atoms with E-state index in [4.69, 9.17) is 5.73 Å².